The van der Waals surface area contributed by atoms with Crippen molar-refractivity contribution in [3.63, 3.8) is 0 Å². The van der Waals surface area contributed by atoms with Crippen molar-refractivity contribution in [2.75, 3.05) is 13.2 Å². The van der Waals surface area contributed by atoms with Crippen molar-refractivity contribution in [3.8, 4) is 0 Å². The summed E-state index contributed by atoms with van der Waals surface area (Å²) in [6.07, 6.45) is 5.66. The van der Waals surface area contributed by atoms with Crippen LogP contribution in [0.4, 0.5) is 0 Å². The summed E-state index contributed by atoms with van der Waals surface area (Å²) in [5.74, 6) is 0.0846. The standard InChI is InChI=1S/C21H24N2O3S/c24-13-18-6-3-7-22(18)21(26)19-14-27-9-8-23(19)20(25)12-15-10-16-4-1-2-5-17(16)11-15/h1-2,4-5,8-9,14-15,18,24H,3,6-7,10-13H2/t18-/m0/s1. The minimum atomic E-state index is -0.161. The number of aliphatic hydroxyl groups excluding tert-OH is 1. The molecule has 0 aromatic heterocycles. The van der Waals surface area contributed by atoms with Crippen molar-refractivity contribution in [2.24, 2.45) is 5.92 Å². The molecule has 2 amide bonds. The van der Waals surface area contributed by atoms with Gasteiger partial charge in [-0.2, -0.15) is 0 Å². The van der Waals surface area contributed by atoms with E-state index in [1.807, 2.05) is 17.5 Å². The summed E-state index contributed by atoms with van der Waals surface area (Å²) in [7, 11) is 0. The van der Waals surface area contributed by atoms with Gasteiger partial charge < -0.3 is 10.0 Å². The first-order valence-corrected chi connectivity index (χ1v) is 10.4. The Morgan fingerprint density at radius 3 is 2.63 bits per heavy atom. The van der Waals surface area contributed by atoms with Gasteiger partial charge >= 0.3 is 0 Å². The summed E-state index contributed by atoms with van der Waals surface area (Å²) < 4.78 is 0. The molecular weight excluding hydrogens is 360 g/mol. The molecule has 1 fully saturated rings. The molecule has 1 aliphatic carbocycles. The van der Waals surface area contributed by atoms with Gasteiger partial charge in [0.05, 0.1) is 12.6 Å². The van der Waals surface area contributed by atoms with Crippen LogP contribution in [0.3, 0.4) is 0 Å². The zero-order chi connectivity index (χ0) is 18.8. The van der Waals surface area contributed by atoms with Crippen molar-refractivity contribution in [2.45, 2.75) is 38.1 Å². The normalized spacial score (nSPS) is 22.1. The number of aliphatic hydroxyl groups is 1. The average molecular weight is 385 g/mol. The molecule has 2 aliphatic heterocycles. The summed E-state index contributed by atoms with van der Waals surface area (Å²) >= 11 is 1.41. The van der Waals surface area contributed by atoms with Crippen LogP contribution < -0.4 is 0 Å². The molecule has 142 valence electrons. The highest BCUT2D eigenvalue weighted by Crippen LogP contribution is 2.31. The number of hydrogen-bond donors (Lipinski definition) is 1. The lowest BCUT2D eigenvalue weighted by Crippen LogP contribution is -2.43. The zero-order valence-electron chi connectivity index (χ0n) is 15.2. The highest BCUT2D eigenvalue weighted by molar-refractivity contribution is 8.05. The number of amides is 2. The molecule has 5 nitrogen and oxygen atoms in total. The van der Waals surface area contributed by atoms with Crippen molar-refractivity contribution in [3.05, 3.63) is 58.1 Å². The summed E-state index contributed by atoms with van der Waals surface area (Å²) in [6, 6.07) is 8.21. The van der Waals surface area contributed by atoms with E-state index in [9.17, 15) is 14.7 Å². The monoisotopic (exact) mass is 384 g/mol. The van der Waals surface area contributed by atoms with E-state index in [2.05, 4.69) is 12.1 Å². The van der Waals surface area contributed by atoms with Gasteiger partial charge in [-0.25, -0.2) is 0 Å². The maximum absolute atomic E-state index is 13.0. The molecule has 0 spiro atoms. The topological polar surface area (TPSA) is 60.9 Å². The molecule has 0 saturated carbocycles. The fourth-order valence-corrected chi connectivity index (χ4v) is 4.90. The van der Waals surface area contributed by atoms with Crippen LogP contribution in [0, 0.1) is 5.92 Å². The first-order valence-electron chi connectivity index (χ1n) is 9.50. The second-order valence-electron chi connectivity index (χ2n) is 7.41. The zero-order valence-corrected chi connectivity index (χ0v) is 16.0. The average Bonchev–Trinajstić information content (AvgIpc) is 3.33. The largest absolute Gasteiger partial charge is 0.394 e. The van der Waals surface area contributed by atoms with Gasteiger partial charge in [0.25, 0.3) is 5.91 Å². The van der Waals surface area contributed by atoms with Crippen molar-refractivity contribution in [1.82, 2.24) is 9.80 Å². The minimum Gasteiger partial charge on any atom is -0.394 e. The van der Waals surface area contributed by atoms with Gasteiger partial charge in [-0.3, -0.25) is 14.5 Å². The number of hydrogen-bond acceptors (Lipinski definition) is 4. The number of nitrogens with zero attached hydrogens (tertiary/aromatic N) is 2. The number of fused-ring (bicyclic) bond motifs is 1. The highest BCUT2D eigenvalue weighted by atomic mass is 32.2. The molecule has 27 heavy (non-hydrogen) atoms. The van der Waals surface area contributed by atoms with Crippen LogP contribution in [-0.2, 0) is 22.4 Å². The Hall–Kier alpha value is -2.05. The molecule has 0 bridgehead atoms. The number of carbonyl (C=O) groups is 2. The van der Waals surface area contributed by atoms with Gasteiger partial charge in [0.2, 0.25) is 5.91 Å². The van der Waals surface area contributed by atoms with E-state index < -0.39 is 0 Å². The van der Waals surface area contributed by atoms with Gasteiger partial charge in [0, 0.05) is 24.6 Å². The Morgan fingerprint density at radius 2 is 1.93 bits per heavy atom. The maximum atomic E-state index is 13.0. The Labute approximate surface area is 163 Å². The van der Waals surface area contributed by atoms with Gasteiger partial charge in [0.15, 0.2) is 0 Å². The molecule has 1 saturated heterocycles. The third-order valence-electron chi connectivity index (χ3n) is 5.66. The third kappa shape index (κ3) is 3.69. The van der Waals surface area contributed by atoms with Crippen molar-refractivity contribution >= 4 is 23.6 Å². The van der Waals surface area contributed by atoms with E-state index in [1.165, 1.54) is 27.8 Å². The van der Waals surface area contributed by atoms with Crippen LogP contribution in [0.5, 0.6) is 0 Å². The predicted octanol–water partition coefficient (Wildman–Crippen LogP) is 2.66. The fraction of sp³-hybridized carbons (Fsp3) is 0.429. The summed E-state index contributed by atoms with van der Waals surface area (Å²) in [5.41, 5.74) is 3.06. The van der Waals surface area contributed by atoms with Crippen LogP contribution in [0.2, 0.25) is 0 Å². The van der Waals surface area contributed by atoms with Crippen molar-refractivity contribution < 1.29 is 14.7 Å². The van der Waals surface area contributed by atoms with E-state index in [-0.39, 0.29) is 30.4 Å². The second kappa shape index (κ2) is 7.90. The van der Waals surface area contributed by atoms with Gasteiger partial charge in [0.1, 0.15) is 5.70 Å². The smallest absolute Gasteiger partial charge is 0.271 e. The number of rotatable bonds is 4. The van der Waals surface area contributed by atoms with Gasteiger partial charge in [-0.1, -0.05) is 24.3 Å². The molecule has 2 heterocycles. The number of carbonyl (C=O) groups excluding carboxylic acids is 2. The predicted molar refractivity (Wildman–Crippen MR) is 105 cm³/mol. The van der Waals surface area contributed by atoms with Gasteiger partial charge in [-0.05, 0) is 48.1 Å². The molecule has 0 unspecified atom stereocenters. The van der Waals surface area contributed by atoms with E-state index >= 15 is 0 Å². The first kappa shape index (κ1) is 18.3. The SMILES string of the molecule is O=C(CC1Cc2ccccc2C1)N1C=CSC=C1C(=O)N1CCC[C@H]1CO. The van der Waals surface area contributed by atoms with E-state index in [0.29, 0.717) is 18.7 Å². The molecule has 1 atom stereocenters. The maximum Gasteiger partial charge on any atom is 0.271 e. The molecule has 6 heteroatoms. The summed E-state index contributed by atoms with van der Waals surface area (Å²) in [6.45, 7) is 0.603. The molecule has 4 rings (SSSR count). The van der Waals surface area contributed by atoms with E-state index in [1.54, 1.807) is 16.5 Å². The molecule has 1 N–H and O–H groups in total. The Bertz CT molecular complexity index is 779. The van der Waals surface area contributed by atoms with Crippen LogP contribution in [-0.4, -0.2) is 45.9 Å². The van der Waals surface area contributed by atoms with Crippen molar-refractivity contribution in [1.29, 1.82) is 0 Å². The lowest BCUT2D eigenvalue weighted by atomic mass is 10.0. The number of thioether (sulfide) groups is 1. The minimum absolute atomic E-state index is 0.0315. The Morgan fingerprint density at radius 1 is 1.19 bits per heavy atom. The molecule has 1 aromatic rings. The van der Waals surface area contributed by atoms with Gasteiger partial charge in [-0.15, -0.1) is 11.8 Å². The first-order chi connectivity index (χ1) is 13.2. The second-order valence-corrected chi connectivity index (χ2v) is 8.19. The Kier molecular flexibility index (Phi) is 5.36. The van der Waals surface area contributed by atoms with Crippen LogP contribution >= 0.6 is 11.8 Å². The highest BCUT2D eigenvalue weighted by Gasteiger charge is 2.34. The molecule has 3 aliphatic rings. The quantitative estimate of drug-likeness (QED) is 0.867. The van der Waals surface area contributed by atoms with E-state index in [0.717, 1.165) is 25.7 Å². The lowest BCUT2D eigenvalue weighted by molar-refractivity contribution is -0.135. The van der Waals surface area contributed by atoms with E-state index in [4.69, 9.17) is 0 Å². The molecule has 1 aromatic carbocycles. The van der Waals surface area contributed by atoms with Crippen LogP contribution in [0.25, 0.3) is 0 Å². The fourth-order valence-electron chi connectivity index (χ4n) is 4.29. The molecular formula is C21H24N2O3S. The molecule has 0 radical (unpaired) electrons. The van der Waals surface area contributed by atoms with Crippen LogP contribution in [0.1, 0.15) is 30.4 Å². The number of likely N-dealkylation sites (tertiary alicyclic amines) is 1. The third-order valence-corrected chi connectivity index (χ3v) is 6.30. The lowest BCUT2D eigenvalue weighted by Gasteiger charge is -2.30. The summed E-state index contributed by atoms with van der Waals surface area (Å²) in [4.78, 5) is 29.2. The number of benzene rings is 1. The Balaban J connectivity index is 1.44. The van der Waals surface area contributed by atoms with Crippen LogP contribution in [0.15, 0.2) is 47.0 Å². The summed E-state index contributed by atoms with van der Waals surface area (Å²) in [5, 5.41) is 13.1.